The standard InChI is InChI=1S/C18H17FN2O2/c1-18(2)17(23)20(14-6-4-3-5-7-14)12-16(22)21(18)15-10-8-13(19)9-11-15/h3-11H,12H2,1-2H3. The second kappa shape index (κ2) is 5.50. The molecule has 0 N–H and O–H groups in total. The predicted molar refractivity (Wildman–Crippen MR) is 86.8 cm³/mol. The van der Waals surface area contributed by atoms with Crippen molar-refractivity contribution >= 4 is 23.2 Å². The molecule has 0 bridgehead atoms. The molecule has 2 aromatic carbocycles. The van der Waals surface area contributed by atoms with Crippen molar-refractivity contribution in [3.05, 3.63) is 60.4 Å². The fourth-order valence-electron chi connectivity index (χ4n) is 2.89. The van der Waals surface area contributed by atoms with Gasteiger partial charge in [0.25, 0.3) is 5.91 Å². The predicted octanol–water partition coefficient (Wildman–Crippen LogP) is 2.98. The molecule has 3 rings (SSSR count). The van der Waals surface area contributed by atoms with Gasteiger partial charge in [-0.1, -0.05) is 18.2 Å². The van der Waals surface area contributed by atoms with Gasteiger partial charge in [-0.15, -0.1) is 0 Å². The first kappa shape index (κ1) is 15.2. The maximum absolute atomic E-state index is 13.1. The van der Waals surface area contributed by atoms with Crippen LogP contribution in [0.4, 0.5) is 15.8 Å². The number of anilines is 2. The number of benzene rings is 2. The molecule has 1 aliphatic rings. The summed E-state index contributed by atoms with van der Waals surface area (Å²) in [6.45, 7) is 3.36. The van der Waals surface area contributed by atoms with Gasteiger partial charge < -0.3 is 4.90 Å². The molecule has 0 aliphatic carbocycles. The Morgan fingerprint density at radius 3 is 2.13 bits per heavy atom. The number of nitrogens with zero attached hydrogens (tertiary/aromatic N) is 2. The third-order valence-corrected chi connectivity index (χ3v) is 4.02. The Bertz CT molecular complexity index is 741. The summed E-state index contributed by atoms with van der Waals surface area (Å²) < 4.78 is 13.1. The number of hydrogen-bond acceptors (Lipinski definition) is 2. The zero-order valence-electron chi connectivity index (χ0n) is 13.0. The van der Waals surface area contributed by atoms with E-state index >= 15 is 0 Å². The van der Waals surface area contributed by atoms with E-state index in [1.165, 1.54) is 34.1 Å². The van der Waals surface area contributed by atoms with E-state index in [-0.39, 0.29) is 24.2 Å². The minimum absolute atomic E-state index is 0.0380. The molecule has 0 unspecified atom stereocenters. The van der Waals surface area contributed by atoms with Crippen LogP contribution in [0.2, 0.25) is 0 Å². The molecular weight excluding hydrogens is 295 g/mol. The Hall–Kier alpha value is -2.69. The molecule has 0 radical (unpaired) electrons. The Morgan fingerprint density at radius 2 is 1.52 bits per heavy atom. The lowest BCUT2D eigenvalue weighted by Crippen LogP contribution is -2.66. The molecule has 0 spiro atoms. The topological polar surface area (TPSA) is 40.6 Å². The van der Waals surface area contributed by atoms with Crippen LogP contribution < -0.4 is 9.80 Å². The average molecular weight is 312 g/mol. The van der Waals surface area contributed by atoms with Crippen LogP contribution in [0.5, 0.6) is 0 Å². The summed E-state index contributed by atoms with van der Waals surface area (Å²) in [6, 6.07) is 14.7. The molecule has 5 heteroatoms. The minimum atomic E-state index is -1.05. The van der Waals surface area contributed by atoms with E-state index in [1.807, 2.05) is 18.2 Å². The molecular formula is C18H17FN2O2. The van der Waals surface area contributed by atoms with Crippen molar-refractivity contribution in [2.24, 2.45) is 0 Å². The van der Waals surface area contributed by atoms with Crippen molar-refractivity contribution < 1.29 is 14.0 Å². The van der Waals surface area contributed by atoms with Crippen LogP contribution >= 0.6 is 0 Å². The monoisotopic (exact) mass is 312 g/mol. The van der Waals surface area contributed by atoms with E-state index in [9.17, 15) is 14.0 Å². The van der Waals surface area contributed by atoms with Crippen LogP contribution in [-0.4, -0.2) is 23.9 Å². The summed E-state index contributed by atoms with van der Waals surface area (Å²) in [5, 5.41) is 0. The number of carbonyl (C=O) groups excluding carboxylic acids is 2. The molecule has 1 fully saturated rings. The summed E-state index contributed by atoms with van der Waals surface area (Å²) >= 11 is 0. The van der Waals surface area contributed by atoms with Crippen molar-refractivity contribution in [1.82, 2.24) is 0 Å². The van der Waals surface area contributed by atoms with Crippen LogP contribution in [0, 0.1) is 5.82 Å². The summed E-state index contributed by atoms with van der Waals surface area (Å²) in [5.41, 5.74) is 0.156. The second-order valence-electron chi connectivity index (χ2n) is 5.99. The molecule has 1 saturated heterocycles. The van der Waals surface area contributed by atoms with Crippen LogP contribution in [0.15, 0.2) is 54.6 Å². The van der Waals surface area contributed by atoms with Gasteiger partial charge >= 0.3 is 0 Å². The van der Waals surface area contributed by atoms with E-state index in [1.54, 1.807) is 26.0 Å². The van der Waals surface area contributed by atoms with Gasteiger partial charge in [0.1, 0.15) is 17.9 Å². The average Bonchev–Trinajstić information content (AvgIpc) is 2.53. The van der Waals surface area contributed by atoms with E-state index in [0.29, 0.717) is 11.4 Å². The maximum Gasteiger partial charge on any atom is 0.253 e. The number of para-hydroxylation sites is 1. The van der Waals surface area contributed by atoms with Crippen LogP contribution in [0.3, 0.4) is 0 Å². The molecule has 0 atom stereocenters. The summed E-state index contributed by atoms with van der Waals surface area (Å²) in [7, 11) is 0. The molecule has 2 aromatic rings. The smallest absolute Gasteiger partial charge is 0.253 e. The van der Waals surface area contributed by atoms with E-state index in [0.717, 1.165) is 0 Å². The lowest BCUT2D eigenvalue weighted by molar-refractivity contribution is -0.131. The Kier molecular flexibility index (Phi) is 3.64. The van der Waals surface area contributed by atoms with Crippen LogP contribution in [0.1, 0.15) is 13.8 Å². The third kappa shape index (κ3) is 2.59. The van der Waals surface area contributed by atoms with Crippen molar-refractivity contribution in [3.63, 3.8) is 0 Å². The molecule has 0 aromatic heterocycles. The van der Waals surface area contributed by atoms with Crippen LogP contribution in [-0.2, 0) is 9.59 Å². The number of piperazine rings is 1. The first-order chi connectivity index (χ1) is 10.9. The number of rotatable bonds is 2. The summed E-state index contributed by atoms with van der Waals surface area (Å²) in [5.74, 6) is -0.758. The van der Waals surface area contributed by atoms with E-state index < -0.39 is 5.54 Å². The van der Waals surface area contributed by atoms with Crippen molar-refractivity contribution in [1.29, 1.82) is 0 Å². The lowest BCUT2D eigenvalue weighted by atomic mass is 9.95. The second-order valence-corrected chi connectivity index (χ2v) is 5.99. The van der Waals surface area contributed by atoms with Crippen molar-refractivity contribution in [2.75, 3.05) is 16.3 Å². The molecule has 23 heavy (non-hydrogen) atoms. The fraction of sp³-hybridized carbons (Fsp3) is 0.222. The molecule has 118 valence electrons. The van der Waals surface area contributed by atoms with E-state index in [4.69, 9.17) is 0 Å². The van der Waals surface area contributed by atoms with E-state index in [2.05, 4.69) is 0 Å². The Balaban J connectivity index is 1.99. The number of amides is 2. The van der Waals surface area contributed by atoms with Gasteiger partial charge in [0.2, 0.25) is 5.91 Å². The molecule has 1 aliphatic heterocycles. The molecule has 4 nitrogen and oxygen atoms in total. The van der Waals surface area contributed by atoms with Gasteiger partial charge in [-0.05, 0) is 50.2 Å². The van der Waals surface area contributed by atoms with Crippen LogP contribution in [0.25, 0.3) is 0 Å². The van der Waals surface area contributed by atoms with Gasteiger partial charge in [0, 0.05) is 11.4 Å². The zero-order chi connectivity index (χ0) is 16.6. The normalized spacial score (nSPS) is 17.5. The van der Waals surface area contributed by atoms with Gasteiger partial charge in [-0.2, -0.15) is 0 Å². The Labute approximate surface area is 134 Å². The maximum atomic E-state index is 13.1. The highest BCUT2D eigenvalue weighted by atomic mass is 19.1. The first-order valence-electron chi connectivity index (χ1n) is 7.37. The zero-order valence-corrected chi connectivity index (χ0v) is 13.0. The SMILES string of the molecule is CC1(C)C(=O)N(c2ccccc2)CC(=O)N1c1ccc(F)cc1. The summed E-state index contributed by atoms with van der Waals surface area (Å²) in [4.78, 5) is 28.5. The quantitative estimate of drug-likeness (QED) is 0.855. The Morgan fingerprint density at radius 1 is 0.913 bits per heavy atom. The highest BCUT2D eigenvalue weighted by Crippen LogP contribution is 2.32. The highest BCUT2D eigenvalue weighted by Gasteiger charge is 2.46. The van der Waals surface area contributed by atoms with Gasteiger partial charge in [-0.3, -0.25) is 14.5 Å². The van der Waals surface area contributed by atoms with Gasteiger partial charge in [0.15, 0.2) is 0 Å². The summed E-state index contributed by atoms with van der Waals surface area (Å²) in [6.07, 6.45) is 0. The molecule has 0 saturated carbocycles. The molecule has 1 heterocycles. The first-order valence-corrected chi connectivity index (χ1v) is 7.37. The third-order valence-electron chi connectivity index (χ3n) is 4.02. The lowest BCUT2D eigenvalue weighted by Gasteiger charge is -2.45. The number of carbonyl (C=O) groups is 2. The van der Waals surface area contributed by atoms with Crippen molar-refractivity contribution in [3.8, 4) is 0 Å². The fourth-order valence-corrected chi connectivity index (χ4v) is 2.89. The van der Waals surface area contributed by atoms with Gasteiger partial charge in [-0.25, -0.2) is 4.39 Å². The van der Waals surface area contributed by atoms with Gasteiger partial charge in [0.05, 0.1) is 0 Å². The molecule has 2 amide bonds. The number of hydrogen-bond donors (Lipinski definition) is 0. The minimum Gasteiger partial charge on any atom is -0.301 e. The number of halogens is 1. The largest absolute Gasteiger partial charge is 0.301 e. The van der Waals surface area contributed by atoms with Crippen molar-refractivity contribution in [2.45, 2.75) is 19.4 Å². The highest BCUT2D eigenvalue weighted by molar-refractivity contribution is 6.16.